The first kappa shape index (κ1) is 14.0. The van der Waals surface area contributed by atoms with E-state index in [-0.39, 0.29) is 17.2 Å². The Morgan fingerprint density at radius 1 is 1.20 bits per heavy atom. The molecule has 2 aromatic rings. The first-order valence-electron chi connectivity index (χ1n) is 6.53. The molecule has 0 radical (unpaired) electrons. The highest BCUT2D eigenvalue weighted by atomic mass is 16.2. The summed E-state index contributed by atoms with van der Waals surface area (Å²) in [7, 11) is 1.52. The van der Waals surface area contributed by atoms with Gasteiger partial charge in [0, 0.05) is 19.7 Å². The summed E-state index contributed by atoms with van der Waals surface area (Å²) in [5, 5.41) is 6.70. The van der Waals surface area contributed by atoms with Crippen LogP contribution >= 0.6 is 0 Å². The summed E-state index contributed by atoms with van der Waals surface area (Å²) in [5.74, 6) is -0.256. The molecule has 5 heteroatoms. The molecule has 0 spiro atoms. The van der Waals surface area contributed by atoms with E-state index in [2.05, 4.69) is 22.5 Å². The van der Waals surface area contributed by atoms with Crippen LogP contribution in [0.5, 0.6) is 0 Å². The number of carbonyl (C=O) groups excluding carboxylic acids is 1. The molecule has 20 heavy (non-hydrogen) atoms. The second kappa shape index (κ2) is 6.65. The van der Waals surface area contributed by atoms with Gasteiger partial charge in [0.1, 0.15) is 5.69 Å². The molecule has 5 nitrogen and oxygen atoms in total. The molecule has 1 amide bonds. The van der Waals surface area contributed by atoms with Crippen molar-refractivity contribution in [2.75, 3.05) is 6.54 Å². The van der Waals surface area contributed by atoms with Gasteiger partial charge in [0.15, 0.2) is 0 Å². The van der Waals surface area contributed by atoms with Crippen LogP contribution in [-0.4, -0.2) is 22.2 Å². The number of rotatable bonds is 5. The van der Waals surface area contributed by atoms with Crippen LogP contribution in [0.3, 0.4) is 0 Å². The van der Waals surface area contributed by atoms with Crippen molar-refractivity contribution in [2.45, 2.75) is 12.8 Å². The van der Waals surface area contributed by atoms with Crippen LogP contribution in [0.15, 0.2) is 47.3 Å². The van der Waals surface area contributed by atoms with E-state index >= 15 is 0 Å². The quantitative estimate of drug-likeness (QED) is 0.829. The summed E-state index contributed by atoms with van der Waals surface area (Å²) in [5.41, 5.74) is 1.28. The van der Waals surface area contributed by atoms with Gasteiger partial charge in [-0.05, 0) is 24.5 Å². The Morgan fingerprint density at radius 3 is 2.65 bits per heavy atom. The molecule has 2 rings (SSSR count). The van der Waals surface area contributed by atoms with Gasteiger partial charge in [-0.25, -0.2) is 4.68 Å². The lowest BCUT2D eigenvalue weighted by Gasteiger charge is -2.05. The van der Waals surface area contributed by atoms with Crippen LogP contribution < -0.4 is 10.9 Å². The van der Waals surface area contributed by atoms with E-state index in [1.165, 1.54) is 24.7 Å². The standard InChI is InChI=1S/C15H17N3O2/c1-18-14(19)10-9-13(17-18)15(20)16-11-5-8-12-6-3-2-4-7-12/h2-4,6-7,9-10H,5,8,11H2,1H3,(H,16,20). The van der Waals surface area contributed by atoms with Crippen LogP contribution in [0.4, 0.5) is 0 Å². The Bertz CT molecular complexity index is 635. The Morgan fingerprint density at radius 2 is 1.95 bits per heavy atom. The third-order valence-electron chi connectivity index (χ3n) is 2.96. The zero-order chi connectivity index (χ0) is 14.4. The van der Waals surface area contributed by atoms with Crippen molar-refractivity contribution in [3.63, 3.8) is 0 Å². The predicted octanol–water partition coefficient (Wildman–Crippen LogP) is 1.14. The molecule has 1 aromatic heterocycles. The lowest BCUT2D eigenvalue weighted by Crippen LogP contribution is -2.29. The van der Waals surface area contributed by atoms with E-state index in [0.29, 0.717) is 6.54 Å². The van der Waals surface area contributed by atoms with Gasteiger partial charge >= 0.3 is 0 Å². The smallest absolute Gasteiger partial charge is 0.271 e. The number of aryl methyl sites for hydroxylation is 2. The van der Waals surface area contributed by atoms with E-state index in [1.54, 1.807) is 0 Å². The van der Waals surface area contributed by atoms with Crippen LogP contribution in [0.2, 0.25) is 0 Å². The van der Waals surface area contributed by atoms with Gasteiger partial charge in [0.25, 0.3) is 11.5 Å². The third kappa shape index (κ3) is 3.78. The number of carbonyl (C=O) groups is 1. The van der Waals surface area contributed by atoms with E-state index < -0.39 is 0 Å². The maximum Gasteiger partial charge on any atom is 0.271 e. The summed E-state index contributed by atoms with van der Waals surface area (Å²) >= 11 is 0. The fourth-order valence-electron chi connectivity index (χ4n) is 1.85. The van der Waals surface area contributed by atoms with E-state index in [4.69, 9.17) is 0 Å². The summed E-state index contributed by atoms with van der Waals surface area (Å²) in [4.78, 5) is 23.0. The highest BCUT2D eigenvalue weighted by Gasteiger charge is 2.07. The highest BCUT2D eigenvalue weighted by molar-refractivity contribution is 5.91. The molecule has 0 fully saturated rings. The van der Waals surface area contributed by atoms with Gasteiger partial charge in [0.2, 0.25) is 0 Å². The Balaban J connectivity index is 1.80. The molecule has 0 saturated heterocycles. The number of nitrogens with one attached hydrogen (secondary N) is 1. The van der Waals surface area contributed by atoms with E-state index in [9.17, 15) is 9.59 Å². The molecule has 0 saturated carbocycles. The molecule has 0 aliphatic carbocycles. The topological polar surface area (TPSA) is 64.0 Å². The number of benzene rings is 1. The minimum Gasteiger partial charge on any atom is -0.351 e. The van der Waals surface area contributed by atoms with Gasteiger partial charge in [-0.15, -0.1) is 0 Å². The molecule has 0 aliphatic rings. The summed E-state index contributed by atoms with van der Waals surface area (Å²) < 4.78 is 1.15. The Hall–Kier alpha value is -2.43. The fourth-order valence-corrected chi connectivity index (χ4v) is 1.85. The maximum absolute atomic E-state index is 11.8. The minimum absolute atomic E-state index is 0.231. The maximum atomic E-state index is 11.8. The van der Waals surface area contributed by atoms with Crippen molar-refractivity contribution in [2.24, 2.45) is 7.05 Å². The second-order valence-corrected chi connectivity index (χ2v) is 4.53. The molecular formula is C15H17N3O2. The number of amides is 1. The van der Waals surface area contributed by atoms with Crippen LogP contribution in [-0.2, 0) is 13.5 Å². The van der Waals surface area contributed by atoms with Gasteiger partial charge in [-0.1, -0.05) is 30.3 Å². The number of hydrogen-bond acceptors (Lipinski definition) is 3. The number of aromatic nitrogens is 2. The molecule has 0 atom stereocenters. The van der Waals surface area contributed by atoms with Crippen molar-refractivity contribution in [1.29, 1.82) is 0 Å². The van der Waals surface area contributed by atoms with Crippen molar-refractivity contribution in [1.82, 2.24) is 15.1 Å². The third-order valence-corrected chi connectivity index (χ3v) is 2.96. The second-order valence-electron chi connectivity index (χ2n) is 4.53. The normalized spacial score (nSPS) is 10.2. The van der Waals surface area contributed by atoms with Crippen LogP contribution in [0, 0.1) is 0 Å². The molecule has 1 heterocycles. The van der Waals surface area contributed by atoms with Gasteiger partial charge < -0.3 is 5.32 Å². The minimum atomic E-state index is -0.256. The first-order valence-corrected chi connectivity index (χ1v) is 6.53. The molecule has 104 valence electrons. The molecular weight excluding hydrogens is 254 g/mol. The van der Waals surface area contributed by atoms with Gasteiger partial charge in [-0.2, -0.15) is 5.10 Å². The summed E-state index contributed by atoms with van der Waals surface area (Å²) in [6.45, 7) is 0.582. The zero-order valence-corrected chi connectivity index (χ0v) is 11.4. The van der Waals surface area contributed by atoms with Crippen molar-refractivity contribution in [3.05, 3.63) is 64.1 Å². The number of nitrogens with zero attached hydrogens (tertiary/aromatic N) is 2. The zero-order valence-electron chi connectivity index (χ0n) is 11.4. The van der Waals surface area contributed by atoms with Crippen molar-refractivity contribution in [3.8, 4) is 0 Å². The average molecular weight is 271 g/mol. The largest absolute Gasteiger partial charge is 0.351 e. The molecule has 0 unspecified atom stereocenters. The predicted molar refractivity (Wildman–Crippen MR) is 76.6 cm³/mol. The number of hydrogen-bond donors (Lipinski definition) is 1. The lowest BCUT2D eigenvalue weighted by atomic mass is 10.1. The van der Waals surface area contributed by atoms with Gasteiger partial charge in [0.05, 0.1) is 0 Å². The molecule has 1 N–H and O–H groups in total. The van der Waals surface area contributed by atoms with Crippen LogP contribution in [0.1, 0.15) is 22.5 Å². The monoisotopic (exact) mass is 271 g/mol. The molecule has 1 aromatic carbocycles. The Labute approximate surface area is 117 Å². The van der Waals surface area contributed by atoms with Gasteiger partial charge in [-0.3, -0.25) is 9.59 Å². The van der Waals surface area contributed by atoms with E-state index in [0.717, 1.165) is 17.5 Å². The molecule has 0 bridgehead atoms. The van der Waals surface area contributed by atoms with Crippen molar-refractivity contribution >= 4 is 5.91 Å². The molecule has 0 aliphatic heterocycles. The lowest BCUT2D eigenvalue weighted by molar-refractivity contribution is 0.0946. The Kier molecular flexibility index (Phi) is 4.65. The average Bonchev–Trinajstić information content (AvgIpc) is 2.47. The van der Waals surface area contributed by atoms with E-state index in [1.807, 2.05) is 18.2 Å². The highest BCUT2D eigenvalue weighted by Crippen LogP contribution is 2.01. The summed E-state index contributed by atoms with van der Waals surface area (Å²) in [6.07, 6.45) is 1.78. The van der Waals surface area contributed by atoms with Crippen molar-refractivity contribution < 1.29 is 4.79 Å². The first-order chi connectivity index (χ1) is 9.66. The van der Waals surface area contributed by atoms with Crippen LogP contribution in [0.25, 0.3) is 0 Å². The fraction of sp³-hybridized carbons (Fsp3) is 0.267. The summed E-state index contributed by atoms with van der Waals surface area (Å²) in [6, 6.07) is 12.9. The SMILES string of the molecule is Cn1nc(C(=O)NCCCc2ccccc2)ccc1=O.